The molecule has 2 aromatic carbocycles. The number of piperazine rings is 1. The van der Waals surface area contributed by atoms with Gasteiger partial charge in [-0.15, -0.1) is 0 Å². The number of piperidine rings is 4. The summed E-state index contributed by atoms with van der Waals surface area (Å²) >= 11 is 0. The van der Waals surface area contributed by atoms with Crippen LogP contribution in [0.3, 0.4) is 0 Å². The Morgan fingerprint density at radius 3 is 2.00 bits per heavy atom. The molecule has 0 saturated carbocycles. The molecule has 65 heavy (non-hydrogen) atoms. The van der Waals surface area contributed by atoms with Crippen LogP contribution >= 0.6 is 0 Å². The second-order valence-electron chi connectivity index (χ2n) is 18.1. The first-order chi connectivity index (χ1) is 31.3. The van der Waals surface area contributed by atoms with E-state index in [-0.39, 0.29) is 24.7 Å². The Balaban J connectivity index is 0.674. The molecule has 2 N–H and O–H groups in total. The highest BCUT2D eigenvalue weighted by Crippen LogP contribution is 2.40. The number of aromatic nitrogens is 1. The summed E-state index contributed by atoms with van der Waals surface area (Å²) < 4.78 is 40.5. The normalized spacial score (nSPS) is 22.3. The smallest absolute Gasteiger partial charge is 0.372 e. The number of pyridine rings is 1. The van der Waals surface area contributed by atoms with E-state index in [1.807, 2.05) is 23.1 Å². The van der Waals surface area contributed by atoms with Crippen LogP contribution in [0.4, 0.5) is 41.7 Å². The third kappa shape index (κ3) is 9.39. The van der Waals surface area contributed by atoms with Gasteiger partial charge in [-0.05, 0) is 93.3 Å². The van der Waals surface area contributed by atoms with Crippen molar-refractivity contribution in [2.24, 2.45) is 11.8 Å². The van der Waals surface area contributed by atoms with Gasteiger partial charge in [0, 0.05) is 102 Å². The minimum Gasteiger partial charge on any atom is -0.372 e. The van der Waals surface area contributed by atoms with E-state index >= 15 is 0 Å². The van der Waals surface area contributed by atoms with Crippen LogP contribution in [0.5, 0.6) is 0 Å². The van der Waals surface area contributed by atoms with Crippen molar-refractivity contribution in [3.05, 3.63) is 82.8 Å². The standard InChI is InChI=1S/C47H53F3N10O5/c1-51-39-6-3-34(27-38(39)47(48,49)50)56-18-12-31(13-19-56)43(62)53-41-8-4-35(28-52-41)58-16-10-30(11-17-58)29-55-22-24-59(25-23-55)32-14-20-57(21-15-32)33-2-5-36-37(26-33)46(65)60(45(36)64)40-7-9-42(61)54-44(40)63/h2-6,8,26-28,30-32,40H,7,9-25,29H2,(H,52,53,62)(H,54,61,63). The lowest BCUT2D eigenvalue weighted by Gasteiger charge is -2.44. The molecular formula is C47H53F3N10O5. The summed E-state index contributed by atoms with van der Waals surface area (Å²) in [7, 11) is 0. The second kappa shape index (κ2) is 18.4. The zero-order chi connectivity index (χ0) is 45.4. The van der Waals surface area contributed by atoms with Gasteiger partial charge < -0.3 is 24.9 Å². The second-order valence-corrected chi connectivity index (χ2v) is 18.1. The van der Waals surface area contributed by atoms with Gasteiger partial charge in [-0.2, -0.15) is 13.2 Å². The number of benzene rings is 2. The highest BCUT2D eigenvalue weighted by Gasteiger charge is 2.45. The Bertz CT molecular complexity index is 2360. The fraction of sp³-hybridized carbons (Fsp3) is 0.511. The zero-order valence-electron chi connectivity index (χ0n) is 36.2. The molecule has 5 saturated heterocycles. The molecule has 5 amide bonds. The van der Waals surface area contributed by atoms with Crippen molar-refractivity contribution in [2.45, 2.75) is 69.6 Å². The van der Waals surface area contributed by atoms with E-state index in [0.717, 1.165) is 107 Å². The number of hydrogen-bond acceptors (Lipinski definition) is 11. The molecule has 6 aliphatic rings. The molecule has 6 aliphatic heterocycles. The summed E-state index contributed by atoms with van der Waals surface area (Å²) in [4.78, 5) is 84.0. The molecule has 0 spiro atoms. The van der Waals surface area contributed by atoms with Gasteiger partial charge in [0.05, 0.1) is 35.1 Å². The monoisotopic (exact) mass is 894 g/mol. The predicted octanol–water partition coefficient (Wildman–Crippen LogP) is 5.41. The molecule has 7 heterocycles. The molecule has 1 atom stereocenters. The number of fused-ring (bicyclic) bond motifs is 1. The average Bonchev–Trinajstić information content (AvgIpc) is 3.56. The number of hydrogen-bond donors (Lipinski definition) is 2. The highest BCUT2D eigenvalue weighted by atomic mass is 19.4. The molecule has 5 fully saturated rings. The van der Waals surface area contributed by atoms with E-state index in [1.165, 1.54) is 12.1 Å². The van der Waals surface area contributed by atoms with Gasteiger partial charge in [-0.3, -0.25) is 39.1 Å². The van der Waals surface area contributed by atoms with Crippen molar-refractivity contribution < 1.29 is 37.1 Å². The van der Waals surface area contributed by atoms with Crippen LogP contribution in [-0.4, -0.2) is 133 Å². The summed E-state index contributed by atoms with van der Waals surface area (Å²) in [6.45, 7) is 16.8. The molecule has 18 heteroatoms. The Labute approximate surface area is 375 Å². The lowest BCUT2D eigenvalue weighted by molar-refractivity contribution is -0.137. The maximum Gasteiger partial charge on any atom is 0.407 e. The van der Waals surface area contributed by atoms with Gasteiger partial charge in [-0.25, -0.2) is 9.83 Å². The minimum absolute atomic E-state index is 0.0881. The summed E-state index contributed by atoms with van der Waals surface area (Å²) in [6.07, 6.45) is 2.60. The summed E-state index contributed by atoms with van der Waals surface area (Å²) in [5.41, 5.74) is 1.56. The topological polar surface area (TPSA) is 146 Å². The van der Waals surface area contributed by atoms with E-state index < -0.39 is 47.1 Å². The highest BCUT2D eigenvalue weighted by molar-refractivity contribution is 6.23. The molecule has 0 radical (unpaired) electrons. The number of nitrogens with zero attached hydrogens (tertiary/aromatic N) is 8. The number of carbonyl (C=O) groups excluding carboxylic acids is 5. The molecule has 0 aliphatic carbocycles. The van der Waals surface area contributed by atoms with Crippen LogP contribution in [0.15, 0.2) is 54.7 Å². The van der Waals surface area contributed by atoms with Crippen molar-refractivity contribution >= 4 is 58.1 Å². The van der Waals surface area contributed by atoms with Crippen LogP contribution in [0.25, 0.3) is 4.85 Å². The summed E-state index contributed by atoms with van der Waals surface area (Å²) in [5.74, 6) is -1.31. The fourth-order valence-electron chi connectivity index (χ4n) is 10.5. The molecule has 9 rings (SSSR count). The first kappa shape index (κ1) is 44.2. The number of nitrogens with one attached hydrogen (secondary N) is 2. The lowest BCUT2D eigenvalue weighted by atomic mass is 9.95. The van der Waals surface area contributed by atoms with Crippen molar-refractivity contribution in [3.8, 4) is 0 Å². The minimum atomic E-state index is -4.61. The first-order valence-electron chi connectivity index (χ1n) is 22.8. The van der Waals surface area contributed by atoms with Crippen LogP contribution < -0.4 is 25.3 Å². The molecule has 0 bridgehead atoms. The van der Waals surface area contributed by atoms with E-state index in [1.54, 1.807) is 18.3 Å². The lowest BCUT2D eigenvalue weighted by Crippen LogP contribution is -2.54. The summed E-state index contributed by atoms with van der Waals surface area (Å²) in [5, 5.41) is 5.18. The third-order valence-corrected chi connectivity index (χ3v) is 14.3. The van der Waals surface area contributed by atoms with Crippen LogP contribution in [-0.2, 0) is 20.6 Å². The van der Waals surface area contributed by atoms with Gasteiger partial charge in [0.1, 0.15) is 11.9 Å². The van der Waals surface area contributed by atoms with Gasteiger partial charge in [0.15, 0.2) is 5.69 Å². The van der Waals surface area contributed by atoms with Crippen molar-refractivity contribution in [1.29, 1.82) is 0 Å². The molecule has 1 unspecified atom stereocenters. The Morgan fingerprint density at radius 1 is 0.738 bits per heavy atom. The van der Waals surface area contributed by atoms with Gasteiger partial charge >= 0.3 is 6.18 Å². The Hall–Kier alpha value is -6.06. The molecule has 15 nitrogen and oxygen atoms in total. The number of amides is 5. The number of halogens is 3. The van der Waals surface area contributed by atoms with Crippen LogP contribution in [0.2, 0.25) is 0 Å². The first-order valence-corrected chi connectivity index (χ1v) is 22.8. The van der Waals surface area contributed by atoms with E-state index in [4.69, 9.17) is 6.57 Å². The van der Waals surface area contributed by atoms with Gasteiger partial charge in [0.2, 0.25) is 17.7 Å². The maximum absolute atomic E-state index is 13.5. The van der Waals surface area contributed by atoms with Crippen molar-refractivity contribution in [2.75, 3.05) is 92.0 Å². The van der Waals surface area contributed by atoms with E-state index in [0.29, 0.717) is 60.5 Å². The number of carbonyl (C=O) groups is 5. The SMILES string of the molecule is [C-]#[N+]c1ccc(N2CCC(C(=O)Nc3ccc(N4CCC(CN5CCN(C6CCN(c7ccc8c(c7)C(=O)N(C7CCC(=O)NC7=O)C8=O)CC6)CC5)CC4)cn3)CC2)cc1C(F)(F)F. The molecule has 3 aromatic rings. The quantitative estimate of drug-likeness (QED) is 0.210. The zero-order valence-corrected chi connectivity index (χ0v) is 36.2. The largest absolute Gasteiger partial charge is 0.407 e. The van der Waals surface area contributed by atoms with E-state index in [9.17, 15) is 37.1 Å². The number of alkyl halides is 3. The van der Waals surface area contributed by atoms with E-state index in [2.05, 4.69) is 40.1 Å². The average molecular weight is 895 g/mol. The van der Waals surface area contributed by atoms with Crippen molar-refractivity contribution in [3.63, 3.8) is 0 Å². The molecular weight excluding hydrogens is 842 g/mol. The number of imide groups is 2. The van der Waals surface area contributed by atoms with Crippen LogP contribution in [0, 0.1) is 18.4 Å². The third-order valence-electron chi connectivity index (χ3n) is 14.3. The van der Waals surface area contributed by atoms with Gasteiger partial charge in [-0.1, -0.05) is 6.07 Å². The van der Waals surface area contributed by atoms with Crippen LogP contribution in [0.1, 0.15) is 77.6 Å². The number of rotatable bonds is 9. The molecule has 1 aromatic heterocycles. The predicted molar refractivity (Wildman–Crippen MR) is 237 cm³/mol. The summed E-state index contributed by atoms with van der Waals surface area (Å²) in [6, 6.07) is 12.5. The number of anilines is 4. The fourth-order valence-corrected chi connectivity index (χ4v) is 10.5. The maximum atomic E-state index is 13.5. The Kier molecular flexibility index (Phi) is 12.5. The Morgan fingerprint density at radius 2 is 1.35 bits per heavy atom. The van der Waals surface area contributed by atoms with Gasteiger partial charge in [0.25, 0.3) is 11.8 Å². The molecule has 342 valence electrons. The van der Waals surface area contributed by atoms with Crippen molar-refractivity contribution in [1.82, 2.24) is 25.0 Å².